The predicted octanol–water partition coefficient (Wildman–Crippen LogP) is 10.8. The van der Waals surface area contributed by atoms with E-state index in [2.05, 4.69) is 51.4 Å². The lowest BCUT2D eigenvalue weighted by molar-refractivity contribution is 1.47. The molecule has 0 fully saturated rings. The number of hydrogen-bond donors (Lipinski definition) is 3. The summed E-state index contributed by atoms with van der Waals surface area (Å²) in [6.07, 6.45) is 0. The van der Waals surface area contributed by atoms with Gasteiger partial charge < -0.3 is 15.0 Å². The van der Waals surface area contributed by atoms with Gasteiger partial charge in [0, 0.05) is 65.6 Å². The topological polar surface area (TPSA) is 190 Å². The molecule has 10 aromatic rings. The van der Waals surface area contributed by atoms with Crippen molar-refractivity contribution in [1.29, 1.82) is 31.6 Å². The van der Waals surface area contributed by atoms with E-state index in [0.717, 1.165) is 98.8 Å². The summed E-state index contributed by atoms with van der Waals surface area (Å²) in [6.45, 7) is 0. The van der Waals surface area contributed by atoms with Crippen LogP contribution in [0.15, 0.2) is 109 Å². The van der Waals surface area contributed by atoms with Crippen molar-refractivity contribution >= 4 is 65.4 Å². The first-order valence-electron chi connectivity index (χ1n) is 17.8. The van der Waals surface area contributed by atoms with E-state index in [1.807, 2.05) is 91.0 Å². The Kier molecular flexibility index (Phi) is 6.97. The molecule has 3 aromatic heterocycles. The summed E-state index contributed by atoms with van der Waals surface area (Å²) >= 11 is 0. The molecule has 0 bridgehead atoms. The minimum atomic E-state index is 0.434. The van der Waals surface area contributed by atoms with Crippen LogP contribution in [-0.4, -0.2) is 15.0 Å². The summed E-state index contributed by atoms with van der Waals surface area (Å²) in [5.74, 6) is 0. The number of rotatable bonds is 3. The number of aromatic nitrogens is 3. The maximum absolute atomic E-state index is 10.3. The maximum Gasteiger partial charge on any atom is 0.0992 e. The van der Waals surface area contributed by atoms with Crippen molar-refractivity contribution in [3.05, 3.63) is 143 Å². The summed E-state index contributed by atoms with van der Waals surface area (Å²) in [4.78, 5) is 10.6. The number of H-pyrrole nitrogens is 3. The van der Waals surface area contributed by atoms with Crippen LogP contribution in [0.2, 0.25) is 0 Å². The summed E-state index contributed by atoms with van der Waals surface area (Å²) < 4.78 is 0. The van der Waals surface area contributed by atoms with E-state index in [9.17, 15) is 31.6 Å². The molecular weight excluding hydrogens is 703 g/mol. The monoisotopic (exact) mass is 723 g/mol. The average molecular weight is 724 g/mol. The quantitative estimate of drug-likeness (QED) is 0.162. The molecule has 7 aromatic carbocycles. The summed E-state index contributed by atoms with van der Waals surface area (Å²) in [6, 6.07) is 47.0. The number of benzene rings is 7. The molecule has 0 spiro atoms. The van der Waals surface area contributed by atoms with Crippen molar-refractivity contribution in [3.8, 4) is 69.8 Å². The second-order valence-electron chi connectivity index (χ2n) is 14.0. The van der Waals surface area contributed by atoms with Crippen LogP contribution in [0, 0.1) is 68.0 Å². The molecule has 57 heavy (non-hydrogen) atoms. The van der Waals surface area contributed by atoms with Crippen molar-refractivity contribution in [1.82, 2.24) is 15.0 Å². The number of fused-ring (bicyclic) bond motifs is 9. The van der Waals surface area contributed by atoms with Crippen LogP contribution >= 0.6 is 0 Å². The summed E-state index contributed by atoms with van der Waals surface area (Å²) in [5, 5.41) is 64.8. The Labute approximate surface area is 323 Å². The van der Waals surface area contributed by atoms with Crippen LogP contribution in [0.3, 0.4) is 0 Å². The van der Waals surface area contributed by atoms with Gasteiger partial charge in [0.15, 0.2) is 0 Å². The van der Waals surface area contributed by atoms with Crippen LogP contribution in [0.5, 0.6) is 0 Å². The Balaban J connectivity index is 1.34. The standard InChI is InChI=1S/C48H21N9/c49-19-25-1-4-43-37(7-25)40-13-28(22-52)10-34(46(40)55-43)31-16-32(35-11-29(23-53)14-41-38-8-26(20-50)2-5-44(38)56-47(35)41)18-33(17-31)36-12-30(24-54)15-42-39-9-27(21-51)3-6-45(39)57-48(36)42/h1-18,55-57H. The fourth-order valence-corrected chi connectivity index (χ4v) is 8.18. The van der Waals surface area contributed by atoms with Gasteiger partial charge in [0.25, 0.3) is 0 Å². The Morgan fingerprint density at radius 3 is 0.807 bits per heavy atom. The molecule has 0 saturated heterocycles. The molecule has 258 valence electrons. The van der Waals surface area contributed by atoms with Crippen LogP contribution in [0.25, 0.3) is 98.8 Å². The zero-order valence-electron chi connectivity index (χ0n) is 29.6. The SMILES string of the molecule is N#Cc1ccc2[nH]c3c(-c4cc(-c5cc(C#N)cc6c5[nH]c5ccc(C#N)cc56)cc(-c5cc(C#N)cc6c5[nH]c5ccc(C#N)cc56)c4)cc(C#N)cc3c2c1. The number of nitriles is 6. The van der Waals surface area contributed by atoms with Gasteiger partial charge in [0.2, 0.25) is 0 Å². The molecule has 10 rings (SSSR count). The van der Waals surface area contributed by atoms with Crippen molar-refractivity contribution < 1.29 is 0 Å². The van der Waals surface area contributed by atoms with Crippen LogP contribution in [0.4, 0.5) is 0 Å². The highest BCUT2D eigenvalue weighted by molar-refractivity contribution is 6.16. The van der Waals surface area contributed by atoms with Gasteiger partial charge in [-0.25, -0.2) is 0 Å². The molecule has 9 nitrogen and oxygen atoms in total. The molecular formula is C48H21N9. The van der Waals surface area contributed by atoms with Crippen molar-refractivity contribution in [3.63, 3.8) is 0 Å². The molecule has 3 heterocycles. The van der Waals surface area contributed by atoms with Gasteiger partial charge in [-0.15, -0.1) is 0 Å². The van der Waals surface area contributed by atoms with Gasteiger partial charge in [0.05, 0.1) is 86.3 Å². The lowest BCUT2D eigenvalue weighted by Crippen LogP contribution is -1.91. The second kappa shape index (κ2) is 12.2. The van der Waals surface area contributed by atoms with Gasteiger partial charge >= 0.3 is 0 Å². The number of hydrogen-bond acceptors (Lipinski definition) is 6. The minimum absolute atomic E-state index is 0.434. The second-order valence-corrected chi connectivity index (χ2v) is 14.0. The molecule has 0 saturated carbocycles. The smallest absolute Gasteiger partial charge is 0.0992 e. The molecule has 3 N–H and O–H groups in total. The van der Waals surface area contributed by atoms with Gasteiger partial charge in [-0.1, -0.05) is 0 Å². The van der Waals surface area contributed by atoms with E-state index in [0.29, 0.717) is 33.4 Å². The normalized spacial score (nSPS) is 11.1. The molecule has 0 unspecified atom stereocenters. The molecule has 0 amide bonds. The maximum atomic E-state index is 10.3. The fraction of sp³-hybridized carbons (Fsp3) is 0. The highest BCUT2D eigenvalue weighted by atomic mass is 14.7. The third-order valence-corrected chi connectivity index (χ3v) is 10.8. The Morgan fingerprint density at radius 2 is 0.544 bits per heavy atom. The zero-order chi connectivity index (χ0) is 38.9. The first kappa shape index (κ1) is 32.5. The van der Waals surface area contributed by atoms with Crippen molar-refractivity contribution in [2.24, 2.45) is 0 Å². The molecule has 0 radical (unpaired) electrons. The Hall–Kier alpha value is -9.12. The van der Waals surface area contributed by atoms with Crippen LogP contribution in [0.1, 0.15) is 33.4 Å². The van der Waals surface area contributed by atoms with Crippen LogP contribution < -0.4 is 0 Å². The van der Waals surface area contributed by atoms with E-state index in [4.69, 9.17) is 0 Å². The van der Waals surface area contributed by atoms with Gasteiger partial charge in [-0.2, -0.15) is 31.6 Å². The Morgan fingerprint density at radius 1 is 0.281 bits per heavy atom. The summed E-state index contributed by atoms with van der Waals surface area (Å²) in [7, 11) is 0. The first-order chi connectivity index (χ1) is 27.9. The third kappa shape index (κ3) is 4.97. The van der Waals surface area contributed by atoms with Crippen molar-refractivity contribution in [2.75, 3.05) is 0 Å². The van der Waals surface area contributed by atoms with Gasteiger partial charge in [-0.3, -0.25) is 0 Å². The molecule has 0 aliphatic heterocycles. The van der Waals surface area contributed by atoms with Gasteiger partial charge in [0.1, 0.15) is 0 Å². The molecule has 0 atom stereocenters. The number of aromatic amines is 3. The van der Waals surface area contributed by atoms with E-state index < -0.39 is 0 Å². The highest BCUT2D eigenvalue weighted by Gasteiger charge is 2.20. The van der Waals surface area contributed by atoms with E-state index in [-0.39, 0.29) is 0 Å². The lowest BCUT2D eigenvalue weighted by Gasteiger charge is -2.14. The fourth-order valence-electron chi connectivity index (χ4n) is 8.18. The average Bonchev–Trinajstić information content (AvgIpc) is 3.95. The number of nitrogens with one attached hydrogen (secondary N) is 3. The van der Waals surface area contributed by atoms with E-state index in [1.54, 1.807) is 18.2 Å². The van der Waals surface area contributed by atoms with E-state index >= 15 is 0 Å². The highest BCUT2D eigenvalue weighted by Crippen LogP contribution is 2.43. The van der Waals surface area contributed by atoms with E-state index in [1.165, 1.54) is 0 Å². The molecule has 0 aliphatic carbocycles. The van der Waals surface area contributed by atoms with Crippen molar-refractivity contribution in [2.45, 2.75) is 0 Å². The summed E-state index contributed by atoms with van der Waals surface area (Å²) in [5.41, 5.74) is 12.1. The molecule has 0 aliphatic rings. The third-order valence-electron chi connectivity index (χ3n) is 10.8. The molecule has 9 heteroatoms. The van der Waals surface area contributed by atoms with Gasteiger partial charge in [-0.05, 0) is 126 Å². The lowest BCUT2D eigenvalue weighted by atomic mass is 9.89. The zero-order valence-corrected chi connectivity index (χ0v) is 29.6. The number of nitrogens with zero attached hydrogens (tertiary/aromatic N) is 6. The Bertz CT molecular complexity index is 3320. The minimum Gasteiger partial charge on any atom is -0.354 e. The largest absolute Gasteiger partial charge is 0.354 e. The van der Waals surface area contributed by atoms with Crippen LogP contribution in [-0.2, 0) is 0 Å². The first-order valence-corrected chi connectivity index (χ1v) is 17.8. The predicted molar refractivity (Wildman–Crippen MR) is 219 cm³/mol.